The molecule has 1 aromatic carbocycles. The number of carboxylic acid groups (broad SMARTS) is 1. The molecule has 0 bridgehead atoms. The van der Waals surface area contributed by atoms with Crippen LogP contribution in [0.4, 0.5) is 4.39 Å². The van der Waals surface area contributed by atoms with E-state index < -0.39 is 17.7 Å². The van der Waals surface area contributed by atoms with E-state index in [1.165, 1.54) is 20.3 Å². The van der Waals surface area contributed by atoms with Crippen molar-refractivity contribution in [3.8, 4) is 11.5 Å². The molecular weight excluding hydrogens is 281 g/mol. The lowest BCUT2D eigenvalue weighted by Gasteiger charge is -2.15. The molecule has 0 aliphatic heterocycles. The minimum Gasteiger partial charge on any atom is -0.493 e. The predicted molar refractivity (Wildman–Crippen MR) is 73.3 cm³/mol. The van der Waals surface area contributed by atoms with E-state index in [4.69, 9.17) is 14.6 Å². The molecule has 0 radical (unpaired) electrons. The number of amides is 1. The van der Waals surface area contributed by atoms with Crippen LogP contribution in [0.2, 0.25) is 0 Å². The molecule has 1 rings (SSSR count). The quantitative estimate of drug-likeness (QED) is 0.802. The van der Waals surface area contributed by atoms with Crippen molar-refractivity contribution in [2.75, 3.05) is 14.2 Å². The number of hydrogen-bond acceptors (Lipinski definition) is 4. The molecule has 1 aromatic rings. The van der Waals surface area contributed by atoms with Crippen LogP contribution < -0.4 is 14.8 Å². The minimum absolute atomic E-state index is 0.0735. The maximum Gasteiger partial charge on any atom is 0.303 e. The second kappa shape index (κ2) is 7.47. The highest BCUT2D eigenvalue weighted by Crippen LogP contribution is 2.29. The molecule has 7 heteroatoms. The summed E-state index contributed by atoms with van der Waals surface area (Å²) < 4.78 is 23.8. The molecule has 116 valence electrons. The third-order valence-electron chi connectivity index (χ3n) is 2.89. The molecule has 0 aliphatic carbocycles. The summed E-state index contributed by atoms with van der Waals surface area (Å²) in [5.41, 5.74) is -0.185. The highest BCUT2D eigenvalue weighted by Gasteiger charge is 2.18. The van der Waals surface area contributed by atoms with Gasteiger partial charge >= 0.3 is 5.97 Å². The van der Waals surface area contributed by atoms with Crippen LogP contribution in [0.3, 0.4) is 0 Å². The highest BCUT2D eigenvalue weighted by molar-refractivity contribution is 5.95. The zero-order chi connectivity index (χ0) is 16.0. The Balaban J connectivity index is 2.84. The van der Waals surface area contributed by atoms with Crippen molar-refractivity contribution in [1.29, 1.82) is 0 Å². The van der Waals surface area contributed by atoms with E-state index in [1.54, 1.807) is 6.92 Å². The monoisotopic (exact) mass is 299 g/mol. The van der Waals surface area contributed by atoms with Gasteiger partial charge in [0.15, 0.2) is 11.5 Å². The fourth-order valence-corrected chi connectivity index (χ4v) is 1.74. The standard InChI is InChI=1S/C14H18FNO5/c1-8(4-5-13(17)18)16-14(19)9-6-11(20-2)12(21-3)7-10(9)15/h6-8H,4-5H2,1-3H3,(H,16,19)(H,17,18). The third-order valence-corrected chi connectivity index (χ3v) is 2.89. The first-order valence-corrected chi connectivity index (χ1v) is 6.33. The van der Waals surface area contributed by atoms with Crippen LogP contribution in [0.1, 0.15) is 30.1 Å². The van der Waals surface area contributed by atoms with Gasteiger partial charge in [0.05, 0.1) is 19.8 Å². The molecule has 1 unspecified atom stereocenters. The number of halogens is 1. The Hall–Kier alpha value is -2.31. The Morgan fingerprint density at radius 2 is 1.86 bits per heavy atom. The van der Waals surface area contributed by atoms with Crippen molar-refractivity contribution < 1.29 is 28.6 Å². The van der Waals surface area contributed by atoms with Crippen molar-refractivity contribution in [3.63, 3.8) is 0 Å². The molecule has 2 N–H and O–H groups in total. The number of hydrogen-bond donors (Lipinski definition) is 2. The smallest absolute Gasteiger partial charge is 0.303 e. The van der Waals surface area contributed by atoms with Gasteiger partial charge in [-0.05, 0) is 19.4 Å². The van der Waals surface area contributed by atoms with Crippen molar-refractivity contribution in [1.82, 2.24) is 5.32 Å². The summed E-state index contributed by atoms with van der Waals surface area (Å²) in [6.45, 7) is 1.65. The topological polar surface area (TPSA) is 84.9 Å². The normalized spacial score (nSPS) is 11.6. The van der Waals surface area contributed by atoms with Gasteiger partial charge in [-0.15, -0.1) is 0 Å². The molecule has 21 heavy (non-hydrogen) atoms. The Morgan fingerprint density at radius 3 is 2.38 bits per heavy atom. The van der Waals surface area contributed by atoms with Crippen LogP contribution in [-0.4, -0.2) is 37.2 Å². The highest BCUT2D eigenvalue weighted by atomic mass is 19.1. The van der Waals surface area contributed by atoms with Crippen molar-refractivity contribution in [2.24, 2.45) is 0 Å². The van der Waals surface area contributed by atoms with Crippen LogP contribution in [0.5, 0.6) is 11.5 Å². The molecular formula is C14H18FNO5. The summed E-state index contributed by atoms with van der Waals surface area (Å²) in [5, 5.41) is 11.1. The number of benzene rings is 1. The van der Waals surface area contributed by atoms with E-state index in [0.717, 1.165) is 6.07 Å². The molecule has 0 saturated heterocycles. The predicted octanol–water partition coefficient (Wildman–Crippen LogP) is 1.83. The van der Waals surface area contributed by atoms with E-state index in [-0.39, 0.29) is 35.9 Å². The number of methoxy groups -OCH3 is 2. The largest absolute Gasteiger partial charge is 0.493 e. The fraction of sp³-hybridized carbons (Fsp3) is 0.429. The van der Waals surface area contributed by atoms with Gasteiger partial charge in [0.2, 0.25) is 0 Å². The number of rotatable bonds is 7. The van der Waals surface area contributed by atoms with Crippen molar-refractivity contribution >= 4 is 11.9 Å². The molecule has 0 spiro atoms. The van der Waals surface area contributed by atoms with E-state index in [0.29, 0.717) is 0 Å². The zero-order valence-corrected chi connectivity index (χ0v) is 12.1. The van der Waals surface area contributed by atoms with Crippen LogP contribution in [0.15, 0.2) is 12.1 Å². The van der Waals surface area contributed by atoms with Crippen LogP contribution in [0.25, 0.3) is 0 Å². The number of carboxylic acids is 1. The SMILES string of the molecule is COc1cc(F)c(C(=O)NC(C)CCC(=O)O)cc1OC. The van der Waals surface area contributed by atoms with Crippen molar-refractivity contribution in [3.05, 3.63) is 23.5 Å². The molecule has 0 fully saturated rings. The molecule has 0 saturated carbocycles. The number of carbonyl (C=O) groups excluding carboxylic acids is 1. The lowest BCUT2D eigenvalue weighted by molar-refractivity contribution is -0.137. The van der Waals surface area contributed by atoms with Gasteiger partial charge in [0, 0.05) is 18.5 Å². The van der Waals surface area contributed by atoms with Gasteiger partial charge < -0.3 is 19.9 Å². The van der Waals surface area contributed by atoms with E-state index in [1.807, 2.05) is 0 Å². The van der Waals surface area contributed by atoms with Gasteiger partial charge in [-0.2, -0.15) is 0 Å². The molecule has 1 atom stereocenters. The maximum atomic E-state index is 13.9. The van der Waals surface area contributed by atoms with Gasteiger partial charge in [-0.25, -0.2) is 4.39 Å². The van der Waals surface area contributed by atoms with Crippen molar-refractivity contribution in [2.45, 2.75) is 25.8 Å². The Morgan fingerprint density at radius 1 is 1.29 bits per heavy atom. The molecule has 0 heterocycles. The second-order valence-corrected chi connectivity index (χ2v) is 4.49. The van der Waals surface area contributed by atoms with Crippen LogP contribution in [0, 0.1) is 5.82 Å². The number of carbonyl (C=O) groups is 2. The molecule has 0 aliphatic rings. The summed E-state index contributed by atoms with van der Waals surface area (Å²) >= 11 is 0. The number of ether oxygens (including phenoxy) is 2. The molecule has 6 nitrogen and oxygen atoms in total. The molecule has 1 amide bonds. The summed E-state index contributed by atoms with van der Waals surface area (Å²) in [7, 11) is 2.75. The summed E-state index contributed by atoms with van der Waals surface area (Å²) in [6, 6.07) is 1.92. The van der Waals surface area contributed by atoms with Crippen LogP contribution >= 0.6 is 0 Å². The number of aliphatic carboxylic acids is 1. The fourth-order valence-electron chi connectivity index (χ4n) is 1.74. The summed E-state index contributed by atoms with van der Waals surface area (Å²) in [4.78, 5) is 22.5. The summed E-state index contributed by atoms with van der Waals surface area (Å²) in [6.07, 6.45) is 0.186. The maximum absolute atomic E-state index is 13.9. The van der Waals surface area contributed by atoms with E-state index in [9.17, 15) is 14.0 Å². The first-order chi connectivity index (χ1) is 9.88. The average molecular weight is 299 g/mol. The zero-order valence-electron chi connectivity index (χ0n) is 12.1. The molecule has 0 aromatic heterocycles. The number of nitrogens with one attached hydrogen (secondary N) is 1. The van der Waals surface area contributed by atoms with E-state index in [2.05, 4.69) is 5.32 Å². The van der Waals surface area contributed by atoms with E-state index >= 15 is 0 Å². The first kappa shape index (κ1) is 16.7. The van der Waals surface area contributed by atoms with Crippen LogP contribution in [-0.2, 0) is 4.79 Å². The lowest BCUT2D eigenvalue weighted by Crippen LogP contribution is -2.33. The average Bonchev–Trinajstić information content (AvgIpc) is 2.44. The third kappa shape index (κ3) is 4.62. The van der Waals surface area contributed by atoms with Gasteiger partial charge in [-0.3, -0.25) is 9.59 Å². The second-order valence-electron chi connectivity index (χ2n) is 4.49. The first-order valence-electron chi connectivity index (χ1n) is 6.33. The Bertz CT molecular complexity index is 532. The minimum atomic E-state index is -0.951. The van der Waals surface area contributed by atoms with Gasteiger partial charge in [0.1, 0.15) is 5.82 Å². The Labute approximate surface area is 121 Å². The lowest BCUT2D eigenvalue weighted by atomic mass is 10.1. The summed E-state index contributed by atoms with van der Waals surface area (Å²) in [5.74, 6) is -1.90. The Kier molecular flexibility index (Phi) is 5.95. The van der Waals surface area contributed by atoms with Gasteiger partial charge in [0.25, 0.3) is 5.91 Å². The van der Waals surface area contributed by atoms with Gasteiger partial charge in [-0.1, -0.05) is 0 Å².